The summed E-state index contributed by atoms with van der Waals surface area (Å²) < 4.78 is 5.61. The highest BCUT2D eigenvalue weighted by Gasteiger charge is 2.46. The molecule has 1 saturated heterocycles. The van der Waals surface area contributed by atoms with Crippen LogP contribution in [0.2, 0.25) is 0 Å². The van der Waals surface area contributed by atoms with Crippen LogP contribution in [-0.2, 0) is 4.74 Å². The fourth-order valence-corrected chi connectivity index (χ4v) is 2.11. The highest BCUT2D eigenvalue weighted by atomic mass is 79.9. The molecule has 0 amide bonds. The summed E-state index contributed by atoms with van der Waals surface area (Å²) >= 11 is 3.12. The van der Waals surface area contributed by atoms with E-state index in [1.54, 1.807) is 18.0 Å². The fraction of sp³-hybridized carbons (Fsp3) is 0.800. The van der Waals surface area contributed by atoms with Gasteiger partial charge in [-0.2, -0.15) is 0 Å². The molecule has 1 heterocycles. The van der Waals surface area contributed by atoms with Gasteiger partial charge < -0.3 is 14.9 Å². The predicted octanol–water partition coefficient (Wildman–Crippen LogP) is 1.57. The lowest BCUT2D eigenvalue weighted by molar-refractivity contribution is -0.109. The van der Waals surface area contributed by atoms with Crippen LogP contribution in [0.3, 0.4) is 0 Å². The molecule has 1 aliphatic rings. The van der Waals surface area contributed by atoms with Crippen molar-refractivity contribution in [1.82, 2.24) is 0 Å². The minimum atomic E-state index is -1.04. The Morgan fingerprint density at radius 1 is 1.57 bits per heavy atom. The summed E-state index contributed by atoms with van der Waals surface area (Å²) in [6, 6.07) is 0. The summed E-state index contributed by atoms with van der Waals surface area (Å²) in [6.45, 7) is 5.32. The zero-order valence-corrected chi connectivity index (χ0v) is 10.3. The molecule has 0 saturated carbocycles. The van der Waals surface area contributed by atoms with Crippen LogP contribution in [0, 0.1) is 0 Å². The Bertz CT molecular complexity index is 236. The van der Waals surface area contributed by atoms with Gasteiger partial charge in [-0.05, 0) is 31.8 Å². The number of ether oxygens (including phenoxy) is 1. The van der Waals surface area contributed by atoms with Crippen LogP contribution in [0.4, 0.5) is 0 Å². The van der Waals surface area contributed by atoms with E-state index >= 15 is 0 Å². The van der Waals surface area contributed by atoms with Crippen LogP contribution in [0.25, 0.3) is 0 Å². The van der Waals surface area contributed by atoms with Gasteiger partial charge in [0.1, 0.15) is 5.60 Å². The van der Waals surface area contributed by atoms with E-state index in [2.05, 4.69) is 15.9 Å². The molecular weight excluding hydrogens is 248 g/mol. The normalized spacial score (nSPS) is 36.1. The maximum absolute atomic E-state index is 10.0. The summed E-state index contributed by atoms with van der Waals surface area (Å²) in [6.07, 6.45) is 1.19. The van der Waals surface area contributed by atoms with Gasteiger partial charge in [-0.25, -0.2) is 0 Å². The lowest BCUT2D eigenvalue weighted by atomic mass is 9.94. The van der Waals surface area contributed by atoms with Crippen molar-refractivity contribution in [1.29, 1.82) is 0 Å². The SMILES string of the molecule is CC1(C)O[C@@H]([C@@](C)(O)/C=C/Br)C[C@@H]1O. The molecule has 82 valence electrons. The monoisotopic (exact) mass is 264 g/mol. The van der Waals surface area contributed by atoms with E-state index in [9.17, 15) is 10.2 Å². The number of aliphatic hydroxyl groups is 2. The lowest BCUT2D eigenvalue weighted by Gasteiger charge is -2.28. The fourth-order valence-electron chi connectivity index (χ4n) is 1.57. The molecular formula is C10H17BrO3. The highest BCUT2D eigenvalue weighted by molar-refractivity contribution is 9.11. The first-order chi connectivity index (χ1) is 6.29. The smallest absolute Gasteiger partial charge is 0.107 e. The maximum Gasteiger partial charge on any atom is 0.107 e. The molecule has 0 aromatic rings. The molecule has 0 aliphatic carbocycles. The molecule has 3 nitrogen and oxygen atoms in total. The van der Waals surface area contributed by atoms with E-state index < -0.39 is 17.3 Å². The molecule has 1 rings (SSSR count). The van der Waals surface area contributed by atoms with Crippen LogP contribution in [-0.4, -0.2) is 33.6 Å². The Hall–Kier alpha value is 0.1000. The summed E-state index contributed by atoms with van der Waals surface area (Å²) in [5, 5.41) is 19.7. The van der Waals surface area contributed by atoms with Gasteiger partial charge in [0.25, 0.3) is 0 Å². The molecule has 0 radical (unpaired) electrons. The van der Waals surface area contributed by atoms with E-state index in [1.807, 2.05) is 13.8 Å². The van der Waals surface area contributed by atoms with Crippen molar-refractivity contribution in [2.75, 3.05) is 0 Å². The van der Waals surface area contributed by atoms with Crippen molar-refractivity contribution >= 4 is 15.9 Å². The molecule has 14 heavy (non-hydrogen) atoms. The molecule has 0 aromatic carbocycles. The topological polar surface area (TPSA) is 49.7 Å². The van der Waals surface area contributed by atoms with Crippen LogP contribution in [0.5, 0.6) is 0 Å². The average molecular weight is 265 g/mol. The summed E-state index contributed by atoms with van der Waals surface area (Å²) in [5.74, 6) is 0. The molecule has 0 bridgehead atoms. The van der Waals surface area contributed by atoms with Crippen molar-refractivity contribution in [3.8, 4) is 0 Å². The van der Waals surface area contributed by atoms with E-state index in [1.165, 1.54) is 0 Å². The van der Waals surface area contributed by atoms with Crippen LogP contribution >= 0.6 is 15.9 Å². The van der Waals surface area contributed by atoms with Crippen molar-refractivity contribution in [2.45, 2.75) is 50.6 Å². The third-order valence-electron chi connectivity index (χ3n) is 2.74. The van der Waals surface area contributed by atoms with Crippen LogP contribution < -0.4 is 0 Å². The number of hydrogen-bond acceptors (Lipinski definition) is 3. The van der Waals surface area contributed by atoms with E-state index in [4.69, 9.17) is 4.74 Å². The largest absolute Gasteiger partial charge is 0.390 e. The predicted molar refractivity (Wildman–Crippen MR) is 58.3 cm³/mol. The molecule has 0 aromatic heterocycles. The standard InChI is InChI=1S/C10H17BrO3/c1-9(2)7(12)6-8(14-9)10(3,13)4-5-11/h4-5,7-8,12-13H,6H2,1-3H3/b5-4+/t7-,8+,10-/m0/s1. The van der Waals surface area contributed by atoms with Crippen molar-refractivity contribution < 1.29 is 14.9 Å². The average Bonchev–Trinajstić information content (AvgIpc) is 2.27. The van der Waals surface area contributed by atoms with Gasteiger partial charge in [0.15, 0.2) is 0 Å². The third kappa shape index (κ3) is 2.37. The summed E-state index contributed by atoms with van der Waals surface area (Å²) in [4.78, 5) is 1.61. The number of halogens is 1. The van der Waals surface area contributed by atoms with Gasteiger partial charge in [0.2, 0.25) is 0 Å². The first-order valence-electron chi connectivity index (χ1n) is 4.66. The Kier molecular flexibility index (Phi) is 3.41. The van der Waals surface area contributed by atoms with Crippen LogP contribution in [0.1, 0.15) is 27.2 Å². The first-order valence-corrected chi connectivity index (χ1v) is 5.57. The van der Waals surface area contributed by atoms with Crippen molar-refractivity contribution in [2.24, 2.45) is 0 Å². The van der Waals surface area contributed by atoms with Gasteiger partial charge in [-0.15, -0.1) is 0 Å². The second-order valence-corrected chi connectivity index (χ2v) is 5.01. The quantitative estimate of drug-likeness (QED) is 0.796. The van der Waals surface area contributed by atoms with E-state index in [0.29, 0.717) is 6.42 Å². The molecule has 2 N–H and O–H groups in total. The summed E-state index contributed by atoms with van der Waals surface area (Å²) in [7, 11) is 0. The maximum atomic E-state index is 10.0. The van der Waals surface area contributed by atoms with Crippen LogP contribution in [0.15, 0.2) is 11.1 Å². The van der Waals surface area contributed by atoms with Gasteiger partial charge in [-0.1, -0.05) is 15.9 Å². The second kappa shape index (κ2) is 3.93. The highest BCUT2D eigenvalue weighted by Crippen LogP contribution is 2.35. The Labute approximate surface area is 92.9 Å². The Morgan fingerprint density at radius 3 is 2.50 bits per heavy atom. The van der Waals surface area contributed by atoms with Gasteiger partial charge in [0.05, 0.1) is 17.8 Å². The minimum Gasteiger partial charge on any atom is -0.390 e. The molecule has 3 atom stereocenters. The number of aliphatic hydroxyl groups excluding tert-OH is 1. The molecule has 1 fully saturated rings. The van der Waals surface area contributed by atoms with Gasteiger partial charge in [0, 0.05) is 6.42 Å². The Morgan fingerprint density at radius 2 is 2.14 bits per heavy atom. The lowest BCUT2D eigenvalue weighted by Crippen LogP contribution is -2.38. The summed E-state index contributed by atoms with van der Waals surface area (Å²) in [5.41, 5.74) is -1.62. The first kappa shape index (κ1) is 12.2. The Balaban J connectivity index is 2.75. The zero-order valence-electron chi connectivity index (χ0n) is 8.70. The van der Waals surface area contributed by atoms with Crippen molar-refractivity contribution in [3.63, 3.8) is 0 Å². The van der Waals surface area contributed by atoms with Gasteiger partial charge >= 0.3 is 0 Å². The second-order valence-electron chi connectivity index (χ2n) is 4.48. The molecule has 0 spiro atoms. The number of hydrogen-bond donors (Lipinski definition) is 2. The van der Waals surface area contributed by atoms with Gasteiger partial charge in [-0.3, -0.25) is 0 Å². The zero-order chi connectivity index (χ0) is 11.0. The van der Waals surface area contributed by atoms with E-state index in [-0.39, 0.29) is 6.10 Å². The minimum absolute atomic E-state index is 0.360. The third-order valence-corrected chi connectivity index (χ3v) is 3.00. The molecule has 0 unspecified atom stereocenters. The van der Waals surface area contributed by atoms with Crippen molar-refractivity contribution in [3.05, 3.63) is 11.1 Å². The van der Waals surface area contributed by atoms with E-state index in [0.717, 1.165) is 0 Å². The molecule has 1 aliphatic heterocycles. The number of rotatable bonds is 2. The molecule has 4 heteroatoms.